The average molecular weight is 286 g/mol. The molecular formula is C10H20ClNO2S2. The lowest BCUT2D eigenvalue weighted by Crippen LogP contribution is -2.46. The Morgan fingerprint density at radius 3 is 2.62 bits per heavy atom. The summed E-state index contributed by atoms with van der Waals surface area (Å²) in [6.07, 6.45) is 1.43. The van der Waals surface area contributed by atoms with Gasteiger partial charge in [-0.3, -0.25) is 0 Å². The van der Waals surface area contributed by atoms with Crippen molar-refractivity contribution in [1.82, 2.24) is 4.31 Å². The van der Waals surface area contributed by atoms with Gasteiger partial charge in [0.05, 0.1) is 5.75 Å². The fraction of sp³-hybridized carbons (Fsp3) is 1.00. The van der Waals surface area contributed by atoms with Crippen LogP contribution in [0.5, 0.6) is 0 Å². The molecule has 1 rings (SSSR count). The molecule has 0 aromatic rings. The number of hydrogen-bond donors (Lipinski definition) is 0. The van der Waals surface area contributed by atoms with Crippen molar-refractivity contribution in [2.24, 2.45) is 0 Å². The summed E-state index contributed by atoms with van der Waals surface area (Å²) in [5.41, 5.74) is 0. The first-order valence-corrected chi connectivity index (χ1v) is 8.68. The molecule has 6 heteroatoms. The van der Waals surface area contributed by atoms with Crippen LogP contribution >= 0.6 is 23.4 Å². The maximum Gasteiger partial charge on any atom is 0.214 e. The second-order valence-corrected chi connectivity index (χ2v) is 8.92. The molecule has 0 bridgehead atoms. The predicted molar refractivity (Wildman–Crippen MR) is 71.9 cm³/mol. The fourth-order valence-electron chi connectivity index (χ4n) is 1.72. The molecule has 1 aliphatic rings. The van der Waals surface area contributed by atoms with E-state index in [4.69, 9.17) is 11.6 Å². The summed E-state index contributed by atoms with van der Waals surface area (Å²) in [5, 5.41) is 0. The van der Waals surface area contributed by atoms with Crippen molar-refractivity contribution >= 4 is 33.4 Å². The van der Waals surface area contributed by atoms with Crippen molar-refractivity contribution in [2.75, 3.05) is 30.5 Å². The van der Waals surface area contributed by atoms with E-state index in [-0.39, 0.29) is 10.5 Å². The van der Waals surface area contributed by atoms with Crippen molar-refractivity contribution in [3.63, 3.8) is 0 Å². The monoisotopic (exact) mass is 285 g/mol. The average Bonchev–Trinajstić information content (AvgIpc) is 2.16. The Morgan fingerprint density at radius 1 is 1.38 bits per heavy atom. The highest BCUT2D eigenvalue weighted by Crippen LogP contribution is 2.30. The summed E-state index contributed by atoms with van der Waals surface area (Å²) in [6, 6.07) is 0. The summed E-state index contributed by atoms with van der Waals surface area (Å²) in [5.74, 6) is 1.67. The first-order chi connectivity index (χ1) is 7.37. The van der Waals surface area contributed by atoms with Gasteiger partial charge in [0.15, 0.2) is 0 Å². The number of sulfonamides is 1. The quantitative estimate of drug-likeness (QED) is 0.574. The van der Waals surface area contributed by atoms with Crippen molar-refractivity contribution < 1.29 is 8.42 Å². The smallest absolute Gasteiger partial charge is 0.212 e. The molecule has 1 saturated heterocycles. The van der Waals surface area contributed by atoms with E-state index in [1.54, 1.807) is 4.31 Å². The lowest BCUT2D eigenvalue weighted by molar-refractivity contribution is 0.387. The van der Waals surface area contributed by atoms with Crippen molar-refractivity contribution in [3.05, 3.63) is 0 Å². The van der Waals surface area contributed by atoms with E-state index in [2.05, 4.69) is 13.8 Å². The Bertz CT molecular complexity index is 317. The maximum absolute atomic E-state index is 12.0. The Kier molecular flexibility index (Phi) is 5.42. The predicted octanol–water partition coefficient (Wildman–Crippen LogP) is 2.16. The van der Waals surface area contributed by atoms with Crippen LogP contribution in [0.25, 0.3) is 0 Å². The minimum Gasteiger partial charge on any atom is -0.212 e. The van der Waals surface area contributed by atoms with Gasteiger partial charge in [-0.25, -0.2) is 8.42 Å². The number of rotatable bonds is 5. The number of hydrogen-bond acceptors (Lipinski definition) is 3. The largest absolute Gasteiger partial charge is 0.214 e. The standard InChI is InChI=1S/C10H20ClNO2S2/c1-10(2)9-12(6-7-15-10)16(13,14)8-4-3-5-11/h3-9H2,1-2H3. The van der Waals surface area contributed by atoms with E-state index in [9.17, 15) is 8.42 Å². The third-order valence-electron chi connectivity index (χ3n) is 2.57. The molecule has 0 aromatic carbocycles. The minimum atomic E-state index is -3.07. The highest BCUT2D eigenvalue weighted by molar-refractivity contribution is 8.00. The zero-order valence-electron chi connectivity index (χ0n) is 9.91. The van der Waals surface area contributed by atoms with Crippen LogP contribution in [-0.2, 0) is 10.0 Å². The van der Waals surface area contributed by atoms with Crippen molar-refractivity contribution in [3.8, 4) is 0 Å². The molecule has 96 valence electrons. The van der Waals surface area contributed by atoms with E-state index in [1.165, 1.54) is 0 Å². The fourth-order valence-corrected chi connectivity index (χ4v) is 4.93. The zero-order chi connectivity index (χ0) is 12.2. The van der Waals surface area contributed by atoms with Gasteiger partial charge in [0.25, 0.3) is 0 Å². The van der Waals surface area contributed by atoms with E-state index in [0.29, 0.717) is 25.4 Å². The number of halogens is 1. The first kappa shape index (κ1) is 14.6. The normalized spacial score (nSPS) is 22.2. The molecule has 0 atom stereocenters. The zero-order valence-corrected chi connectivity index (χ0v) is 12.3. The van der Waals surface area contributed by atoms with Crippen molar-refractivity contribution in [1.29, 1.82) is 0 Å². The molecule has 0 N–H and O–H groups in total. The number of alkyl halides is 1. The molecule has 1 heterocycles. The highest BCUT2D eigenvalue weighted by atomic mass is 35.5. The molecule has 0 unspecified atom stereocenters. The minimum absolute atomic E-state index is 0.0395. The molecule has 1 fully saturated rings. The highest BCUT2D eigenvalue weighted by Gasteiger charge is 2.33. The second kappa shape index (κ2) is 5.94. The summed E-state index contributed by atoms with van der Waals surface area (Å²) in [6.45, 7) is 5.47. The number of thioether (sulfide) groups is 1. The Hall–Kier alpha value is 0.550. The molecule has 16 heavy (non-hydrogen) atoms. The number of unbranched alkanes of at least 4 members (excludes halogenated alkanes) is 1. The number of nitrogens with zero attached hydrogens (tertiary/aromatic N) is 1. The summed E-state index contributed by atoms with van der Waals surface area (Å²) >= 11 is 7.39. The maximum atomic E-state index is 12.0. The van der Waals surface area contributed by atoms with E-state index in [0.717, 1.165) is 12.2 Å². The second-order valence-electron chi connectivity index (χ2n) is 4.65. The summed E-state index contributed by atoms with van der Waals surface area (Å²) < 4.78 is 25.7. The van der Waals surface area contributed by atoms with Gasteiger partial charge in [0, 0.05) is 29.5 Å². The molecule has 0 aliphatic carbocycles. The molecule has 1 aliphatic heterocycles. The van der Waals surface area contributed by atoms with Crippen LogP contribution in [0.3, 0.4) is 0 Å². The lowest BCUT2D eigenvalue weighted by atomic mass is 10.2. The van der Waals surface area contributed by atoms with E-state index >= 15 is 0 Å². The van der Waals surface area contributed by atoms with E-state index < -0.39 is 10.0 Å². The molecule has 0 saturated carbocycles. The SMILES string of the molecule is CC1(C)CN(S(=O)(=O)CCCCCl)CCS1. The van der Waals surface area contributed by atoms with Gasteiger partial charge in [-0.15, -0.1) is 11.6 Å². The Labute approximate surface area is 108 Å². The van der Waals surface area contributed by atoms with Crippen LogP contribution in [-0.4, -0.2) is 47.9 Å². The van der Waals surface area contributed by atoms with Crippen LogP contribution in [0.2, 0.25) is 0 Å². The molecule has 3 nitrogen and oxygen atoms in total. The molecular weight excluding hydrogens is 266 g/mol. The van der Waals surface area contributed by atoms with Gasteiger partial charge in [-0.1, -0.05) is 0 Å². The molecule has 0 spiro atoms. The van der Waals surface area contributed by atoms with Gasteiger partial charge in [-0.05, 0) is 26.7 Å². The third-order valence-corrected chi connectivity index (χ3v) is 6.04. The molecule has 0 aromatic heterocycles. The van der Waals surface area contributed by atoms with E-state index in [1.807, 2.05) is 11.8 Å². The molecule has 0 radical (unpaired) electrons. The molecule has 0 amide bonds. The van der Waals surface area contributed by atoms with Crippen molar-refractivity contribution in [2.45, 2.75) is 31.4 Å². The van der Waals surface area contributed by atoms with Crippen LogP contribution in [0, 0.1) is 0 Å². The van der Waals surface area contributed by atoms with Crippen LogP contribution in [0.1, 0.15) is 26.7 Å². The van der Waals surface area contributed by atoms with Crippen LogP contribution in [0.15, 0.2) is 0 Å². The summed E-state index contributed by atoms with van der Waals surface area (Å²) in [7, 11) is -3.07. The lowest BCUT2D eigenvalue weighted by Gasteiger charge is -2.36. The Balaban J connectivity index is 2.54. The van der Waals surface area contributed by atoms with Gasteiger partial charge in [-0.2, -0.15) is 16.1 Å². The van der Waals surface area contributed by atoms with Gasteiger partial charge >= 0.3 is 0 Å². The Morgan fingerprint density at radius 2 is 2.06 bits per heavy atom. The third kappa shape index (κ3) is 4.43. The van der Waals surface area contributed by atoms with Crippen LogP contribution < -0.4 is 0 Å². The first-order valence-electron chi connectivity index (χ1n) is 5.55. The van der Waals surface area contributed by atoms with Gasteiger partial charge in [0.2, 0.25) is 10.0 Å². The van der Waals surface area contributed by atoms with Gasteiger partial charge < -0.3 is 0 Å². The topological polar surface area (TPSA) is 37.4 Å². The van der Waals surface area contributed by atoms with Crippen LogP contribution in [0.4, 0.5) is 0 Å². The van der Waals surface area contributed by atoms with Gasteiger partial charge in [0.1, 0.15) is 0 Å². The summed E-state index contributed by atoms with van der Waals surface area (Å²) in [4.78, 5) is 0.